The third-order valence-electron chi connectivity index (χ3n) is 3.67. The Morgan fingerprint density at radius 2 is 1.62 bits per heavy atom. The van der Waals surface area contributed by atoms with Crippen molar-refractivity contribution in [2.24, 2.45) is 0 Å². The van der Waals surface area contributed by atoms with E-state index in [2.05, 4.69) is 34.1 Å². The van der Waals surface area contributed by atoms with Crippen LogP contribution in [-0.4, -0.2) is 43.1 Å². The smallest absolute Gasteiger partial charge is 0.118 e. The van der Waals surface area contributed by atoms with Gasteiger partial charge in [0.05, 0.1) is 13.3 Å². The molecule has 3 heteroatoms. The fraction of sp³-hybridized carbons (Fsp3) is 0.538. The normalized spacial score (nSPS) is 32.7. The van der Waals surface area contributed by atoms with Gasteiger partial charge in [0.1, 0.15) is 5.75 Å². The molecule has 16 heavy (non-hydrogen) atoms. The summed E-state index contributed by atoms with van der Waals surface area (Å²) in [6.45, 7) is 4.92. The number of rotatable bonds is 2. The Morgan fingerprint density at radius 3 is 2.19 bits per heavy atom. The van der Waals surface area contributed by atoms with Gasteiger partial charge in [-0.05, 0) is 24.1 Å². The van der Waals surface area contributed by atoms with Gasteiger partial charge in [0, 0.05) is 26.2 Å². The van der Waals surface area contributed by atoms with Crippen LogP contribution in [-0.2, 0) is 0 Å². The summed E-state index contributed by atoms with van der Waals surface area (Å²) in [5.41, 5.74) is 1.40. The van der Waals surface area contributed by atoms with E-state index in [1.807, 2.05) is 0 Å². The monoisotopic (exact) mass is 218 g/mol. The molecule has 3 rings (SSSR count). The molecule has 0 saturated carbocycles. The highest BCUT2D eigenvalue weighted by Gasteiger charge is 2.35. The van der Waals surface area contributed by atoms with Gasteiger partial charge in [0.25, 0.3) is 0 Å². The van der Waals surface area contributed by atoms with E-state index in [0.29, 0.717) is 6.17 Å². The Hall–Kier alpha value is -1.06. The van der Waals surface area contributed by atoms with Crippen LogP contribution in [0.1, 0.15) is 18.2 Å². The summed E-state index contributed by atoms with van der Waals surface area (Å²) in [6, 6.07) is 8.51. The van der Waals surface area contributed by atoms with E-state index in [1.54, 1.807) is 7.11 Å². The summed E-state index contributed by atoms with van der Waals surface area (Å²) in [5.74, 6) is 0.942. The van der Waals surface area contributed by atoms with Crippen LogP contribution in [0.15, 0.2) is 24.3 Å². The molecule has 1 aromatic rings. The molecule has 2 aliphatic rings. The average molecular weight is 218 g/mol. The maximum absolute atomic E-state index is 5.20. The minimum absolute atomic E-state index is 0.514. The van der Waals surface area contributed by atoms with Gasteiger partial charge in [-0.15, -0.1) is 0 Å². The molecule has 86 valence electrons. The van der Waals surface area contributed by atoms with Crippen molar-refractivity contribution < 1.29 is 4.74 Å². The number of ether oxygens (including phenoxy) is 1. The van der Waals surface area contributed by atoms with Crippen LogP contribution in [0.5, 0.6) is 5.75 Å². The van der Waals surface area contributed by atoms with Crippen LogP contribution in [0, 0.1) is 0 Å². The lowest BCUT2D eigenvalue weighted by atomic mass is 10.1. The second-order valence-corrected chi connectivity index (χ2v) is 4.57. The summed E-state index contributed by atoms with van der Waals surface area (Å²) in [7, 11) is 1.71. The molecule has 0 aromatic heterocycles. The highest BCUT2D eigenvalue weighted by atomic mass is 16.5. The number of hydrogen-bond donors (Lipinski definition) is 0. The fourth-order valence-electron chi connectivity index (χ4n) is 2.88. The van der Waals surface area contributed by atoms with Gasteiger partial charge in [0.15, 0.2) is 0 Å². The molecule has 0 N–H and O–H groups in total. The summed E-state index contributed by atoms with van der Waals surface area (Å²) >= 11 is 0. The second kappa shape index (κ2) is 4.07. The van der Waals surface area contributed by atoms with Gasteiger partial charge < -0.3 is 4.74 Å². The third kappa shape index (κ3) is 1.60. The molecule has 0 amide bonds. The minimum Gasteiger partial charge on any atom is -0.497 e. The van der Waals surface area contributed by atoms with Crippen LogP contribution in [0.4, 0.5) is 0 Å². The Balaban J connectivity index is 1.86. The van der Waals surface area contributed by atoms with Crippen molar-refractivity contribution in [2.45, 2.75) is 12.6 Å². The first-order valence-electron chi connectivity index (χ1n) is 6.00. The largest absolute Gasteiger partial charge is 0.497 e. The fourth-order valence-corrected chi connectivity index (χ4v) is 2.88. The first-order valence-corrected chi connectivity index (χ1v) is 6.00. The van der Waals surface area contributed by atoms with Gasteiger partial charge in [-0.25, -0.2) is 0 Å². The summed E-state index contributed by atoms with van der Waals surface area (Å²) < 4.78 is 5.20. The van der Waals surface area contributed by atoms with Crippen molar-refractivity contribution in [2.75, 3.05) is 33.3 Å². The average Bonchev–Trinajstić information content (AvgIpc) is 2.59. The Labute approximate surface area is 96.6 Å². The molecule has 1 aromatic carbocycles. The lowest BCUT2D eigenvalue weighted by molar-refractivity contribution is 0.0928. The zero-order valence-electron chi connectivity index (χ0n) is 9.72. The lowest BCUT2D eigenvalue weighted by Crippen LogP contribution is -2.37. The van der Waals surface area contributed by atoms with Crippen LogP contribution >= 0.6 is 0 Å². The van der Waals surface area contributed by atoms with Crippen LogP contribution < -0.4 is 4.74 Å². The van der Waals surface area contributed by atoms with E-state index < -0.39 is 0 Å². The molecule has 0 spiro atoms. The number of fused-ring (bicyclic) bond motifs is 2. The van der Waals surface area contributed by atoms with Crippen molar-refractivity contribution in [3.05, 3.63) is 29.8 Å². The van der Waals surface area contributed by atoms with E-state index >= 15 is 0 Å². The zero-order valence-corrected chi connectivity index (χ0v) is 9.72. The van der Waals surface area contributed by atoms with Crippen molar-refractivity contribution in [3.8, 4) is 5.75 Å². The molecule has 2 unspecified atom stereocenters. The Morgan fingerprint density at radius 1 is 1.00 bits per heavy atom. The molecule has 0 aliphatic carbocycles. The Bertz CT molecular complexity index is 347. The van der Waals surface area contributed by atoms with Gasteiger partial charge in [0.2, 0.25) is 0 Å². The van der Waals surface area contributed by atoms with Gasteiger partial charge >= 0.3 is 0 Å². The minimum atomic E-state index is 0.514. The molecular weight excluding hydrogens is 200 g/mol. The molecule has 2 aliphatic heterocycles. The standard InChI is InChI=1S/C13H18N2O/c1-16-12-5-3-11(4-6-12)13-14-7-2-8-15(13)10-9-14/h3-6,13H,2,7-10H2,1H3. The van der Waals surface area contributed by atoms with E-state index in [0.717, 1.165) is 5.75 Å². The van der Waals surface area contributed by atoms with Gasteiger partial charge in [-0.2, -0.15) is 0 Å². The lowest BCUT2D eigenvalue weighted by Gasteiger charge is -2.35. The molecule has 2 bridgehead atoms. The number of benzene rings is 1. The van der Waals surface area contributed by atoms with Gasteiger partial charge in [-0.1, -0.05) is 12.1 Å². The molecule has 2 fully saturated rings. The van der Waals surface area contributed by atoms with E-state index in [9.17, 15) is 0 Å². The molecular formula is C13H18N2O. The maximum atomic E-state index is 5.20. The molecule has 3 nitrogen and oxygen atoms in total. The van der Waals surface area contributed by atoms with Crippen molar-refractivity contribution in [3.63, 3.8) is 0 Å². The first-order chi connectivity index (χ1) is 7.88. The molecule has 0 radical (unpaired) electrons. The third-order valence-corrected chi connectivity index (χ3v) is 3.67. The molecule has 2 atom stereocenters. The highest BCUT2D eigenvalue weighted by molar-refractivity contribution is 5.29. The van der Waals surface area contributed by atoms with E-state index in [4.69, 9.17) is 4.74 Å². The van der Waals surface area contributed by atoms with Gasteiger partial charge in [-0.3, -0.25) is 9.80 Å². The quantitative estimate of drug-likeness (QED) is 0.751. The number of nitrogens with zero attached hydrogens (tertiary/aromatic N) is 2. The van der Waals surface area contributed by atoms with Crippen LogP contribution in [0.25, 0.3) is 0 Å². The Kier molecular flexibility index (Phi) is 2.58. The topological polar surface area (TPSA) is 15.7 Å². The van der Waals surface area contributed by atoms with Crippen molar-refractivity contribution in [1.29, 1.82) is 0 Å². The second-order valence-electron chi connectivity index (χ2n) is 4.57. The molecule has 2 saturated heterocycles. The molecule has 2 heterocycles. The van der Waals surface area contributed by atoms with Crippen molar-refractivity contribution >= 4 is 0 Å². The predicted octanol–water partition coefficient (Wildman–Crippen LogP) is 1.72. The maximum Gasteiger partial charge on any atom is 0.118 e. The van der Waals surface area contributed by atoms with Crippen molar-refractivity contribution in [1.82, 2.24) is 9.80 Å². The predicted molar refractivity (Wildman–Crippen MR) is 63.5 cm³/mol. The number of hydrogen-bond acceptors (Lipinski definition) is 3. The number of methoxy groups -OCH3 is 1. The zero-order chi connectivity index (χ0) is 11.0. The van der Waals surface area contributed by atoms with Crippen LogP contribution in [0.3, 0.4) is 0 Å². The first kappa shape index (κ1) is 10.1. The van der Waals surface area contributed by atoms with E-state index in [-0.39, 0.29) is 0 Å². The summed E-state index contributed by atoms with van der Waals surface area (Å²) in [5, 5.41) is 0. The van der Waals surface area contributed by atoms with Crippen LogP contribution in [0.2, 0.25) is 0 Å². The van der Waals surface area contributed by atoms with E-state index in [1.165, 1.54) is 38.2 Å². The summed E-state index contributed by atoms with van der Waals surface area (Å²) in [4.78, 5) is 5.15. The summed E-state index contributed by atoms with van der Waals surface area (Å²) in [6.07, 6.45) is 1.83. The highest BCUT2D eigenvalue weighted by Crippen LogP contribution is 2.33. The SMILES string of the molecule is COc1ccc(C2N3CCCN2CC3)cc1.